The third-order valence-corrected chi connectivity index (χ3v) is 0.886. The second-order valence-corrected chi connectivity index (χ2v) is 1.50. The molecule has 0 saturated carbocycles. The number of hydrogen-bond donors (Lipinski definition) is 0. The standard InChI is InChI=1S/C5H10N3O2/c1-3-8(7-6)5(9)10-4-2/h3-4H2,1-2H3/q+1. The van der Waals surface area contributed by atoms with Crippen molar-refractivity contribution < 1.29 is 9.53 Å². The number of rotatable bonds is 2. The van der Waals surface area contributed by atoms with E-state index in [9.17, 15) is 4.79 Å². The molecule has 0 radical (unpaired) electrons. The predicted octanol–water partition coefficient (Wildman–Crippen LogP) is 1.23. The van der Waals surface area contributed by atoms with Gasteiger partial charge in [0.25, 0.3) is 5.39 Å². The van der Waals surface area contributed by atoms with Gasteiger partial charge >= 0.3 is 11.2 Å². The van der Waals surface area contributed by atoms with Crippen molar-refractivity contribution in [2.45, 2.75) is 13.8 Å². The van der Waals surface area contributed by atoms with Crippen LogP contribution in [-0.2, 0) is 4.74 Å². The lowest BCUT2D eigenvalue weighted by Gasteiger charge is -1.98. The van der Waals surface area contributed by atoms with Crippen molar-refractivity contribution in [2.24, 2.45) is 0 Å². The van der Waals surface area contributed by atoms with Gasteiger partial charge in [-0.05, 0) is 13.8 Å². The monoisotopic (exact) mass is 144 g/mol. The fourth-order valence-electron chi connectivity index (χ4n) is 0.427. The molecule has 10 heavy (non-hydrogen) atoms. The molecule has 0 saturated heterocycles. The van der Waals surface area contributed by atoms with E-state index in [1.165, 1.54) is 0 Å². The van der Waals surface area contributed by atoms with E-state index < -0.39 is 6.09 Å². The van der Waals surface area contributed by atoms with Crippen LogP contribution in [0.1, 0.15) is 13.8 Å². The van der Waals surface area contributed by atoms with Crippen LogP contribution < -0.4 is 0 Å². The molecule has 1 amide bonds. The Morgan fingerprint density at radius 3 is 2.60 bits per heavy atom. The summed E-state index contributed by atoms with van der Waals surface area (Å²) >= 11 is 0. The van der Waals surface area contributed by atoms with Crippen LogP contribution in [-0.4, -0.2) is 24.3 Å². The molecule has 0 spiro atoms. The molecule has 0 heterocycles. The van der Waals surface area contributed by atoms with Gasteiger partial charge in [-0.25, -0.2) is 4.79 Å². The normalized spacial score (nSPS) is 8.10. The van der Waals surface area contributed by atoms with Gasteiger partial charge in [-0.1, -0.05) is 0 Å². The molecule has 0 aromatic rings. The van der Waals surface area contributed by atoms with Crippen LogP contribution in [0.15, 0.2) is 0 Å². The van der Waals surface area contributed by atoms with Gasteiger partial charge in [0.1, 0.15) is 6.54 Å². The molecule has 0 aromatic carbocycles. The molecule has 5 nitrogen and oxygen atoms in total. The van der Waals surface area contributed by atoms with E-state index in [-0.39, 0.29) is 6.61 Å². The van der Waals surface area contributed by atoms with Crippen molar-refractivity contribution in [3.63, 3.8) is 0 Å². The Balaban J connectivity index is 3.80. The van der Waals surface area contributed by atoms with Gasteiger partial charge in [-0.3, -0.25) is 0 Å². The molecule has 0 N–H and O–H groups in total. The summed E-state index contributed by atoms with van der Waals surface area (Å²) in [5, 5.41) is 11.7. The van der Waals surface area contributed by atoms with Crippen LogP contribution in [0.5, 0.6) is 0 Å². The van der Waals surface area contributed by atoms with Crippen LogP contribution >= 0.6 is 0 Å². The fourth-order valence-corrected chi connectivity index (χ4v) is 0.427. The summed E-state index contributed by atoms with van der Waals surface area (Å²) in [6.07, 6.45) is -0.632. The maximum atomic E-state index is 10.7. The van der Waals surface area contributed by atoms with E-state index in [2.05, 4.69) is 9.82 Å². The van der Waals surface area contributed by atoms with Crippen molar-refractivity contribution in [1.82, 2.24) is 5.01 Å². The zero-order valence-corrected chi connectivity index (χ0v) is 6.07. The van der Waals surface area contributed by atoms with Crippen molar-refractivity contribution in [2.75, 3.05) is 13.2 Å². The minimum atomic E-state index is -0.632. The van der Waals surface area contributed by atoms with Gasteiger partial charge in [-0.2, -0.15) is 0 Å². The van der Waals surface area contributed by atoms with Gasteiger partial charge < -0.3 is 4.74 Å². The molecule has 0 atom stereocenters. The minimum Gasteiger partial charge on any atom is -0.445 e. The lowest BCUT2D eigenvalue weighted by atomic mass is 10.7. The van der Waals surface area contributed by atoms with E-state index in [0.29, 0.717) is 6.54 Å². The molecule has 0 bridgehead atoms. The Kier molecular flexibility index (Phi) is 3.96. The summed E-state index contributed by atoms with van der Waals surface area (Å²) in [5.74, 6) is 0. The highest BCUT2D eigenvalue weighted by Gasteiger charge is 2.22. The molecule has 5 heteroatoms. The smallest absolute Gasteiger partial charge is 0.445 e. The van der Waals surface area contributed by atoms with Gasteiger partial charge in [0.2, 0.25) is 0 Å². The molecular weight excluding hydrogens is 134 g/mol. The first kappa shape index (κ1) is 8.69. The zero-order valence-electron chi connectivity index (χ0n) is 6.07. The molecule has 0 fully saturated rings. The number of hydrogen-bond acceptors (Lipinski definition) is 3. The number of amides is 1. The van der Waals surface area contributed by atoms with Crippen molar-refractivity contribution >= 4 is 6.09 Å². The average molecular weight is 144 g/mol. The van der Waals surface area contributed by atoms with Gasteiger partial charge in [0.05, 0.1) is 11.6 Å². The molecule has 0 rings (SSSR count). The number of carbonyl (C=O) groups is 1. The third-order valence-electron chi connectivity index (χ3n) is 0.886. The van der Waals surface area contributed by atoms with Gasteiger partial charge in [0, 0.05) is 0 Å². The van der Waals surface area contributed by atoms with Crippen molar-refractivity contribution in [3.8, 4) is 0 Å². The molecule has 0 aliphatic carbocycles. The summed E-state index contributed by atoms with van der Waals surface area (Å²) < 4.78 is 4.52. The first-order chi connectivity index (χ1) is 4.76. The van der Waals surface area contributed by atoms with Gasteiger partial charge in [0.15, 0.2) is 0 Å². The first-order valence-corrected chi connectivity index (χ1v) is 3.05. The predicted molar refractivity (Wildman–Crippen MR) is 34.5 cm³/mol. The Morgan fingerprint density at radius 1 is 1.70 bits per heavy atom. The first-order valence-electron chi connectivity index (χ1n) is 3.05. The lowest BCUT2D eigenvalue weighted by molar-refractivity contribution is 0.122. The maximum Gasteiger partial charge on any atom is 0.480 e. The Labute approximate surface area is 59.2 Å². The number of diazo groups is 1. The topological polar surface area (TPSA) is 57.7 Å². The molecule has 56 valence electrons. The fraction of sp³-hybridized carbons (Fsp3) is 0.800. The van der Waals surface area contributed by atoms with E-state index in [1.807, 2.05) is 0 Å². The van der Waals surface area contributed by atoms with E-state index in [0.717, 1.165) is 5.01 Å². The number of nitrogens with zero attached hydrogens (tertiary/aromatic N) is 3. The quantitative estimate of drug-likeness (QED) is 0.432. The highest BCUT2D eigenvalue weighted by molar-refractivity contribution is 5.67. The van der Waals surface area contributed by atoms with Crippen LogP contribution in [0.25, 0.3) is 5.08 Å². The third kappa shape index (κ3) is 2.31. The SMILES string of the molecule is CCOC(=O)N(CC)[N+]#N. The van der Waals surface area contributed by atoms with E-state index in [4.69, 9.17) is 5.39 Å². The summed E-state index contributed by atoms with van der Waals surface area (Å²) in [6, 6.07) is 0. The van der Waals surface area contributed by atoms with Crippen molar-refractivity contribution in [3.05, 3.63) is 5.08 Å². The summed E-state index contributed by atoms with van der Waals surface area (Å²) in [7, 11) is 0. The lowest BCUT2D eigenvalue weighted by Crippen LogP contribution is -2.24. The van der Waals surface area contributed by atoms with E-state index in [1.54, 1.807) is 13.8 Å². The zero-order chi connectivity index (χ0) is 7.98. The highest BCUT2D eigenvalue weighted by atomic mass is 16.6. The average Bonchev–Trinajstić information content (AvgIpc) is 1.91. The maximum absolute atomic E-state index is 10.7. The summed E-state index contributed by atoms with van der Waals surface area (Å²) in [6.45, 7) is 3.94. The van der Waals surface area contributed by atoms with Gasteiger partial charge in [-0.15, -0.1) is 0 Å². The Bertz CT molecular complexity index is 151. The van der Waals surface area contributed by atoms with Crippen molar-refractivity contribution in [1.29, 1.82) is 5.39 Å². The number of carbonyl (C=O) groups excluding carboxylic acids is 1. The molecule has 0 aromatic heterocycles. The van der Waals surface area contributed by atoms with Crippen LogP contribution in [0, 0.1) is 5.39 Å². The number of ether oxygens (including phenoxy) is 1. The summed E-state index contributed by atoms with van der Waals surface area (Å²) in [5.41, 5.74) is 0. The summed E-state index contributed by atoms with van der Waals surface area (Å²) in [4.78, 5) is 10.7. The van der Waals surface area contributed by atoms with Crippen LogP contribution in [0.2, 0.25) is 0 Å². The molecule has 0 unspecified atom stereocenters. The molecule has 0 aliphatic rings. The minimum absolute atomic E-state index is 0.283. The Morgan fingerprint density at radius 2 is 2.30 bits per heavy atom. The van der Waals surface area contributed by atoms with Crippen LogP contribution in [0.3, 0.4) is 0 Å². The highest BCUT2D eigenvalue weighted by Crippen LogP contribution is 1.92. The Hall–Kier alpha value is -1.31. The van der Waals surface area contributed by atoms with Crippen LogP contribution in [0.4, 0.5) is 4.79 Å². The molecule has 0 aliphatic heterocycles. The second-order valence-electron chi connectivity index (χ2n) is 1.50. The second kappa shape index (κ2) is 4.56. The largest absolute Gasteiger partial charge is 0.480 e. The van der Waals surface area contributed by atoms with E-state index >= 15 is 0 Å². The molecular formula is C5H10N3O2+.